The molecule has 0 aliphatic carbocycles. The van der Waals surface area contributed by atoms with E-state index in [1.54, 1.807) is 37.3 Å². The molecule has 0 radical (unpaired) electrons. The Balaban J connectivity index is 1.98. The molecule has 0 unspecified atom stereocenters. The van der Waals surface area contributed by atoms with Crippen molar-refractivity contribution in [2.24, 2.45) is 0 Å². The third-order valence-electron chi connectivity index (χ3n) is 4.20. The van der Waals surface area contributed by atoms with Gasteiger partial charge in [-0.05, 0) is 31.2 Å². The maximum Gasteiger partial charge on any atom is 0.348 e. The van der Waals surface area contributed by atoms with Gasteiger partial charge in [-0.25, -0.2) is 14.0 Å². The van der Waals surface area contributed by atoms with Crippen molar-refractivity contribution in [3.05, 3.63) is 58.2 Å². The van der Waals surface area contributed by atoms with Gasteiger partial charge in [-0.2, -0.15) is 0 Å². The SMILES string of the molecule is CCOC(=O)c1sc2cccc(F)c2c1COC(=O)c1c(OC)cccc1OC. The highest BCUT2D eigenvalue weighted by Crippen LogP contribution is 2.35. The first kappa shape index (κ1) is 20.6. The molecule has 0 aliphatic rings. The minimum atomic E-state index is -0.718. The largest absolute Gasteiger partial charge is 0.496 e. The van der Waals surface area contributed by atoms with Crippen molar-refractivity contribution in [1.82, 2.24) is 0 Å². The van der Waals surface area contributed by atoms with E-state index in [0.717, 1.165) is 11.3 Å². The molecule has 3 rings (SSSR count). The molecular weight excluding hydrogens is 399 g/mol. The molecule has 0 fully saturated rings. The van der Waals surface area contributed by atoms with Crippen molar-refractivity contribution in [1.29, 1.82) is 0 Å². The van der Waals surface area contributed by atoms with Crippen LogP contribution in [0, 0.1) is 5.82 Å². The van der Waals surface area contributed by atoms with Crippen LogP contribution in [0.15, 0.2) is 36.4 Å². The topological polar surface area (TPSA) is 71.1 Å². The standard InChI is InChI=1S/C21H19FO6S/c1-4-27-21(24)19-12(17-13(22)7-5-10-16(17)29-19)11-28-20(23)18-14(25-2)8-6-9-15(18)26-3/h5-10H,4,11H2,1-3H3. The Bertz CT molecular complexity index is 1040. The molecule has 0 saturated carbocycles. The lowest BCUT2D eigenvalue weighted by Gasteiger charge is -2.13. The summed E-state index contributed by atoms with van der Waals surface area (Å²) < 4.78 is 36.0. The first-order chi connectivity index (χ1) is 14.0. The second kappa shape index (κ2) is 8.91. The average Bonchev–Trinajstić information content (AvgIpc) is 3.11. The van der Waals surface area contributed by atoms with E-state index in [-0.39, 0.29) is 46.1 Å². The fourth-order valence-electron chi connectivity index (χ4n) is 2.93. The van der Waals surface area contributed by atoms with Gasteiger partial charge < -0.3 is 18.9 Å². The average molecular weight is 418 g/mol. The molecule has 8 heteroatoms. The Kier molecular flexibility index (Phi) is 6.33. The highest BCUT2D eigenvalue weighted by molar-refractivity contribution is 7.21. The van der Waals surface area contributed by atoms with E-state index < -0.39 is 17.8 Å². The van der Waals surface area contributed by atoms with Gasteiger partial charge in [0.25, 0.3) is 0 Å². The van der Waals surface area contributed by atoms with Gasteiger partial charge in [-0.3, -0.25) is 0 Å². The second-order valence-corrected chi connectivity index (χ2v) is 6.91. The molecule has 2 aromatic carbocycles. The van der Waals surface area contributed by atoms with Crippen molar-refractivity contribution >= 4 is 33.4 Å². The summed E-state index contributed by atoms with van der Waals surface area (Å²) in [6.45, 7) is 1.54. The predicted octanol–water partition coefficient (Wildman–Crippen LogP) is 4.59. The Morgan fingerprint density at radius 1 is 0.966 bits per heavy atom. The molecule has 1 heterocycles. The first-order valence-electron chi connectivity index (χ1n) is 8.76. The number of carbonyl (C=O) groups is 2. The Morgan fingerprint density at radius 2 is 1.62 bits per heavy atom. The molecule has 0 bridgehead atoms. The van der Waals surface area contributed by atoms with E-state index in [2.05, 4.69) is 0 Å². The third-order valence-corrected chi connectivity index (χ3v) is 5.38. The summed E-state index contributed by atoms with van der Waals surface area (Å²) in [5.74, 6) is -1.25. The van der Waals surface area contributed by atoms with Gasteiger partial charge in [0.2, 0.25) is 0 Å². The quantitative estimate of drug-likeness (QED) is 0.523. The number of esters is 2. The maximum atomic E-state index is 14.5. The monoisotopic (exact) mass is 418 g/mol. The first-order valence-corrected chi connectivity index (χ1v) is 9.58. The van der Waals surface area contributed by atoms with E-state index in [1.165, 1.54) is 20.3 Å². The van der Waals surface area contributed by atoms with Crippen LogP contribution in [0.3, 0.4) is 0 Å². The molecule has 0 saturated heterocycles. The van der Waals surface area contributed by atoms with Crippen molar-refractivity contribution in [3.8, 4) is 11.5 Å². The van der Waals surface area contributed by atoms with Crippen LogP contribution in [0.4, 0.5) is 4.39 Å². The van der Waals surface area contributed by atoms with Gasteiger partial charge in [0.1, 0.15) is 34.4 Å². The molecule has 0 spiro atoms. The second-order valence-electron chi connectivity index (χ2n) is 5.86. The lowest BCUT2D eigenvalue weighted by atomic mass is 10.1. The number of ether oxygens (including phenoxy) is 4. The third kappa shape index (κ3) is 4.02. The van der Waals surface area contributed by atoms with Crippen molar-refractivity contribution < 1.29 is 32.9 Å². The minimum Gasteiger partial charge on any atom is -0.496 e. The van der Waals surface area contributed by atoms with Crippen LogP contribution in [0.5, 0.6) is 11.5 Å². The van der Waals surface area contributed by atoms with E-state index in [9.17, 15) is 14.0 Å². The maximum absolute atomic E-state index is 14.5. The molecule has 0 atom stereocenters. The normalized spacial score (nSPS) is 10.6. The Labute approximate surface area is 170 Å². The number of hydrogen-bond acceptors (Lipinski definition) is 7. The number of rotatable bonds is 7. The number of benzene rings is 2. The van der Waals surface area contributed by atoms with Crippen molar-refractivity contribution in [3.63, 3.8) is 0 Å². The molecule has 0 amide bonds. The van der Waals surface area contributed by atoms with Crippen LogP contribution in [0.25, 0.3) is 10.1 Å². The van der Waals surface area contributed by atoms with E-state index in [0.29, 0.717) is 4.70 Å². The molecule has 3 aromatic rings. The highest BCUT2D eigenvalue weighted by Gasteiger charge is 2.25. The zero-order valence-corrected chi connectivity index (χ0v) is 16.9. The fourth-order valence-corrected chi connectivity index (χ4v) is 4.04. The van der Waals surface area contributed by atoms with Gasteiger partial charge in [-0.1, -0.05) is 12.1 Å². The number of halogens is 1. The molecule has 152 valence electrons. The van der Waals surface area contributed by atoms with Gasteiger partial charge in [-0.15, -0.1) is 11.3 Å². The number of hydrogen-bond donors (Lipinski definition) is 0. The molecule has 6 nitrogen and oxygen atoms in total. The summed E-state index contributed by atoms with van der Waals surface area (Å²) in [4.78, 5) is 25.3. The molecule has 29 heavy (non-hydrogen) atoms. The van der Waals surface area contributed by atoms with Gasteiger partial charge in [0.05, 0.1) is 20.8 Å². The highest BCUT2D eigenvalue weighted by atomic mass is 32.1. The van der Waals surface area contributed by atoms with E-state index in [1.807, 2.05) is 0 Å². The molecular formula is C21H19FO6S. The lowest BCUT2D eigenvalue weighted by Crippen LogP contribution is -2.11. The van der Waals surface area contributed by atoms with Crippen LogP contribution in [0.2, 0.25) is 0 Å². The zero-order chi connectivity index (χ0) is 21.0. The lowest BCUT2D eigenvalue weighted by molar-refractivity contribution is 0.0448. The van der Waals surface area contributed by atoms with Crippen molar-refractivity contribution in [2.75, 3.05) is 20.8 Å². The van der Waals surface area contributed by atoms with Gasteiger partial charge in [0, 0.05) is 15.6 Å². The van der Waals surface area contributed by atoms with E-state index in [4.69, 9.17) is 18.9 Å². The summed E-state index contributed by atoms with van der Waals surface area (Å²) in [7, 11) is 2.85. The van der Waals surface area contributed by atoms with Crippen LogP contribution >= 0.6 is 11.3 Å². The Morgan fingerprint density at radius 3 is 2.24 bits per heavy atom. The van der Waals surface area contributed by atoms with Crippen LogP contribution in [-0.2, 0) is 16.1 Å². The number of thiophene rings is 1. The smallest absolute Gasteiger partial charge is 0.348 e. The number of methoxy groups -OCH3 is 2. The summed E-state index contributed by atoms with van der Waals surface area (Å²) in [5, 5.41) is 0.236. The zero-order valence-electron chi connectivity index (χ0n) is 16.1. The minimum absolute atomic E-state index is 0.107. The van der Waals surface area contributed by atoms with Crippen LogP contribution in [0.1, 0.15) is 32.5 Å². The molecule has 0 aliphatic heterocycles. The van der Waals surface area contributed by atoms with E-state index >= 15 is 0 Å². The van der Waals surface area contributed by atoms with Crippen LogP contribution < -0.4 is 9.47 Å². The summed E-state index contributed by atoms with van der Waals surface area (Å²) in [6.07, 6.45) is 0. The number of fused-ring (bicyclic) bond motifs is 1. The Hall–Kier alpha value is -3.13. The summed E-state index contributed by atoms with van der Waals surface area (Å²) >= 11 is 1.09. The fraction of sp³-hybridized carbons (Fsp3) is 0.238. The molecule has 1 aromatic heterocycles. The predicted molar refractivity (Wildman–Crippen MR) is 106 cm³/mol. The van der Waals surface area contributed by atoms with Crippen molar-refractivity contribution in [2.45, 2.75) is 13.5 Å². The van der Waals surface area contributed by atoms with Gasteiger partial charge >= 0.3 is 11.9 Å². The van der Waals surface area contributed by atoms with Gasteiger partial charge in [0.15, 0.2) is 0 Å². The number of carbonyl (C=O) groups excluding carboxylic acids is 2. The molecule has 0 N–H and O–H groups in total. The van der Waals surface area contributed by atoms with Crippen LogP contribution in [-0.4, -0.2) is 32.8 Å². The summed E-state index contributed by atoms with van der Waals surface area (Å²) in [5.41, 5.74) is 0.374. The summed E-state index contributed by atoms with van der Waals surface area (Å²) in [6, 6.07) is 9.41.